The molecule has 0 N–H and O–H groups in total. The second-order valence-corrected chi connectivity index (χ2v) is 18.3. The number of rotatable bonds is 8. The molecule has 7 heteroatoms. The first-order chi connectivity index (χ1) is 20.2. The van der Waals surface area contributed by atoms with Gasteiger partial charge in [-0.15, -0.1) is 0 Å². The van der Waals surface area contributed by atoms with Crippen LogP contribution in [0, 0.1) is 17.3 Å². The maximum atomic E-state index is 13.6. The molecule has 1 saturated heterocycles. The van der Waals surface area contributed by atoms with E-state index in [2.05, 4.69) is 82.3 Å². The number of hydrogen-bond acceptors (Lipinski definition) is 6. The van der Waals surface area contributed by atoms with Crippen LogP contribution in [0.1, 0.15) is 68.7 Å². The van der Waals surface area contributed by atoms with Crippen LogP contribution < -0.4 is 10.4 Å². The summed E-state index contributed by atoms with van der Waals surface area (Å²) in [7, 11) is -2.79. The van der Waals surface area contributed by atoms with Crippen LogP contribution in [0.4, 0.5) is 0 Å². The molecule has 0 aromatic heterocycles. The van der Waals surface area contributed by atoms with Crippen molar-refractivity contribution in [2.45, 2.75) is 85.7 Å². The number of carbonyl (C=O) groups is 2. The van der Waals surface area contributed by atoms with E-state index in [1.165, 1.54) is 10.4 Å². The summed E-state index contributed by atoms with van der Waals surface area (Å²) >= 11 is 0. The fourth-order valence-corrected chi connectivity index (χ4v) is 10.9. The molecule has 1 spiro atoms. The summed E-state index contributed by atoms with van der Waals surface area (Å²) < 4.78 is 24.9. The highest BCUT2D eigenvalue weighted by Crippen LogP contribution is 2.48. The van der Waals surface area contributed by atoms with Gasteiger partial charge in [0.2, 0.25) is 6.29 Å². The van der Waals surface area contributed by atoms with Crippen LogP contribution in [0.2, 0.25) is 5.04 Å². The van der Waals surface area contributed by atoms with Gasteiger partial charge >= 0.3 is 11.9 Å². The van der Waals surface area contributed by atoms with E-state index in [9.17, 15) is 9.59 Å². The zero-order valence-corrected chi connectivity index (χ0v) is 28.2. The Morgan fingerprint density at radius 2 is 1.56 bits per heavy atom. The number of cyclic esters (lactones) is 1. The van der Waals surface area contributed by atoms with Crippen molar-refractivity contribution in [3.8, 4) is 0 Å². The molecule has 4 rings (SSSR count). The van der Waals surface area contributed by atoms with Crippen molar-refractivity contribution in [2.75, 3.05) is 13.2 Å². The van der Waals surface area contributed by atoms with Gasteiger partial charge in [-0.1, -0.05) is 121 Å². The number of hydrogen-bond donors (Lipinski definition) is 0. The van der Waals surface area contributed by atoms with Crippen LogP contribution >= 0.6 is 0 Å². The molecule has 1 aliphatic heterocycles. The largest absolute Gasteiger partial charge is 0.463 e. The molecule has 2 aromatic rings. The Bertz CT molecular complexity index is 1310. The Morgan fingerprint density at radius 3 is 2.02 bits per heavy atom. The van der Waals surface area contributed by atoms with E-state index in [-0.39, 0.29) is 23.5 Å². The van der Waals surface area contributed by atoms with Crippen LogP contribution in [-0.4, -0.2) is 45.4 Å². The minimum absolute atomic E-state index is 0.0166. The molecular formula is C36H48O6Si. The predicted octanol–water partition coefficient (Wildman–Crippen LogP) is 6.34. The van der Waals surface area contributed by atoms with Gasteiger partial charge in [-0.25, -0.2) is 9.59 Å². The zero-order chi connectivity index (χ0) is 31.6. The molecule has 0 bridgehead atoms. The SMILES string of the molecule is CCOC(=O)/C(C)=C/[C@@H]1C=C(CO[Si](c2ccccc2)(c2ccccc2)C(C)(C)C)[C@H](C)C[C@]12O[C@@H](C(C)(C)C)OC2=O. The third-order valence-corrected chi connectivity index (χ3v) is 13.6. The molecule has 232 valence electrons. The molecule has 1 heterocycles. The number of carbonyl (C=O) groups excluding carboxylic acids is 2. The van der Waals surface area contributed by atoms with Gasteiger partial charge in [0.1, 0.15) is 0 Å². The summed E-state index contributed by atoms with van der Waals surface area (Å²) in [6.45, 7) is 19.0. The topological polar surface area (TPSA) is 71.1 Å². The van der Waals surface area contributed by atoms with Crippen molar-refractivity contribution < 1.29 is 28.2 Å². The summed E-state index contributed by atoms with van der Waals surface area (Å²) in [5, 5.41) is 2.24. The van der Waals surface area contributed by atoms with E-state index in [0.29, 0.717) is 18.6 Å². The maximum absolute atomic E-state index is 13.6. The highest BCUT2D eigenvalue weighted by Gasteiger charge is 2.59. The van der Waals surface area contributed by atoms with E-state index in [1.807, 2.05) is 32.9 Å². The maximum Gasteiger partial charge on any atom is 0.341 e. The number of esters is 2. The van der Waals surface area contributed by atoms with Crippen molar-refractivity contribution in [2.24, 2.45) is 17.3 Å². The first-order valence-corrected chi connectivity index (χ1v) is 17.3. The fourth-order valence-electron chi connectivity index (χ4n) is 6.32. The molecule has 2 aromatic carbocycles. The average molecular weight is 605 g/mol. The second-order valence-electron chi connectivity index (χ2n) is 14.0. The first-order valence-electron chi connectivity index (χ1n) is 15.4. The molecule has 1 aliphatic carbocycles. The van der Waals surface area contributed by atoms with Gasteiger partial charge < -0.3 is 18.6 Å². The predicted molar refractivity (Wildman–Crippen MR) is 172 cm³/mol. The molecule has 0 saturated carbocycles. The van der Waals surface area contributed by atoms with E-state index < -0.39 is 37.5 Å². The van der Waals surface area contributed by atoms with Crippen LogP contribution in [0.3, 0.4) is 0 Å². The third kappa shape index (κ3) is 6.45. The lowest BCUT2D eigenvalue weighted by Gasteiger charge is -2.44. The quantitative estimate of drug-likeness (QED) is 0.152. The van der Waals surface area contributed by atoms with Gasteiger partial charge in [0.15, 0.2) is 5.60 Å². The first kappa shape index (κ1) is 32.9. The van der Waals surface area contributed by atoms with E-state index >= 15 is 0 Å². The monoisotopic (exact) mass is 604 g/mol. The minimum Gasteiger partial charge on any atom is -0.463 e. The van der Waals surface area contributed by atoms with Gasteiger partial charge in [0.25, 0.3) is 8.32 Å². The second kappa shape index (κ2) is 12.5. The van der Waals surface area contributed by atoms with E-state index in [0.717, 1.165) is 5.57 Å². The molecule has 6 nitrogen and oxygen atoms in total. The van der Waals surface area contributed by atoms with Crippen molar-refractivity contribution >= 4 is 30.6 Å². The number of benzene rings is 2. The summed E-state index contributed by atoms with van der Waals surface area (Å²) in [4.78, 5) is 26.3. The standard InChI is InChI=1S/C36H48O6Si/c1-10-39-31(37)25(2)21-28-22-27(26(3)23-36(28)32(38)41-33(42-36)34(4,5)6)24-40-43(35(7,8)9,29-17-13-11-14-18-29)30-19-15-12-16-20-30/h11-22,26,28,33H,10,23-24H2,1-9H3/b25-21+/t26-,28-,33+,36+/m1/s1. The van der Waals surface area contributed by atoms with E-state index in [4.69, 9.17) is 18.6 Å². The minimum atomic E-state index is -2.79. The lowest BCUT2D eigenvalue weighted by atomic mass is 9.71. The van der Waals surface area contributed by atoms with Crippen LogP contribution in [-0.2, 0) is 28.2 Å². The van der Waals surface area contributed by atoms with Gasteiger partial charge in [-0.05, 0) is 47.2 Å². The highest BCUT2D eigenvalue weighted by atomic mass is 28.4. The summed E-state index contributed by atoms with van der Waals surface area (Å²) in [6.07, 6.45) is 3.61. The third-order valence-electron chi connectivity index (χ3n) is 8.66. The zero-order valence-electron chi connectivity index (χ0n) is 27.2. The lowest BCUT2D eigenvalue weighted by molar-refractivity contribution is -0.158. The summed E-state index contributed by atoms with van der Waals surface area (Å²) in [5.74, 6) is -1.34. The van der Waals surface area contributed by atoms with Gasteiger partial charge in [-0.3, -0.25) is 0 Å². The smallest absolute Gasteiger partial charge is 0.341 e. The molecule has 0 radical (unpaired) electrons. The van der Waals surface area contributed by atoms with Gasteiger partial charge in [0, 0.05) is 16.9 Å². The van der Waals surface area contributed by atoms with Crippen molar-refractivity contribution in [1.29, 1.82) is 0 Å². The summed E-state index contributed by atoms with van der Waals surface area (Å²) in [5.41, 5.74) is -0.123. The van der Waals surface area contributed by atoms with Crippen LogP contribution in [0.5, 0.6) is 0 Å². The molecule has 0 unspecified atom stereocenters. The van der Waals surface area contributed by atoms with Crippen molar-refractivity contribution in [1.82, 2.24) is 0 Å². The normalized spacial score (nSPS) is 25.0. The molecule has 1 fully saturated rings. The van der Waals surface area contributed by atoms with Crippen molar-refractivity contribution in [3.05, 3.63) is 84.0 Å². The molecule has 2 aliphatic rings. The highest BCUT2D eigenvalue weighted by molar-refractivity contribution is 6.99. The molecular weight excluding hydrogens is 556 g/mol. The Hall–Kier alpha value is -3.00. The lowest BCUT2D eigenvalue weighted by Crippen LogP contribution is -2.66. The fraction of sp³-hybridized carbons (Fsp3) is 0.500. The van der Waals surface area contributed by atoms with Crippen molar-refractivity contribution in [3.63, 3.8) is 0 Å². The molecule has 43 heavy (non-hydrogen) atoms. The Morgan fingerprint density at radius 1 is 1.00 bits per heavy atom. The Balaban J connectivity index is 1.79. The summed E-state index contributed by atoms with van der Waals surface area (Å²) in [6, 6.07) is 21.1. The van der Waals surface area contributed by atoms with Crippen LogP contribution in [0.15, 0.2) is 84.0 Å². The molecule has 0 amide bonds. The van der Waals surface area contributed by atoms with Gasteiger partial charge in [0.05, 0.1) is 13.2 Å². The molecule has 4 atom stereocenters. The Labute approximate surface area is 258 Å². The Kier molecular flexibility index (Phi) is 9.60. The number of ether oxygens (including phenoxy) is 3. The van der Waals surface area contributed by atoms with Gasteiger partial charge in [-0.2, -0.15) is 0 Å². The van der Waals surface area contributed by atoms with E-state index in [1.54, 1.807) is 19.9 Å². The van der Waals surface area contributed by atoms with Crippen LogP contribution in [0.25, 0.3) is 0 Å². The average Bonchev–Trinajstić information content (AvgIpc) is 3.28.